The summed E-state index contributed by atoms with van der Waals surface area (Å²) in [6, 6.07) is 4.98. The fraction of sp³-hybridized carbons (Fsp3) is 0.308. The topological polar surface area (TPSA) is 89.7 Å². The van der Waals surface area contributed by atoms with Crippen LogP contribution in [0.15, 0.2) is 18.2 Å². The minimum atomic E-state index is -1.01. The van der Waals surface area contributed by atoms with Crippen LogP contribution in [0, 0.1) is 0 Å². The molecule has 2 rings (SSSR count). The molecule has 0 saturated carbocycles. The molecule has 19 heavy (non-hydrogen) atoms. The second-order valence-electron chi connectivity index (χ2n) is 4.15. The highest BCUT2D eigenvalue weighted by molar-refractivity contribution is 6.36. The summed E-state index contributed by atoms with van der Waals surface area (Å²) in [6.45, 7) is 1.86. The van der Waals surface area contributed by atoms with Gasteiger partial charge in [-0.05, 0) is 31.0 Å². The third-order valence-electron chi connectivity index (χ3n) is 2.91. The Balaban J connectivity index is 2.26. The fourth-order valence-corrected chi connectivity index (χ4v) is 1.99. The van der Waals surface area contributed by atoms with Gasteiger partial charge in [0.1, 0.15) is 0 Å². The molecule has 1 aliphatic rings. The van der Waals surface area contributed by atoms with Crippen LogP contribution in [0.5, 0.6) is 0 Å². The summed E-state index contributed by atoms with van der Waals surface area (Å²) >= 11 is 0. The molecule has 1 heterocycles. The number of carbonyl (C=O) groups excluding carboxylic acids is 3. The molecule has 2 N–H and O–H groups in total. The fourth-order valence-electron chi connectivity index (χ4n) is 1.99. The van der Waals surface area contributed by atoms with Crippen LogP contribution in [0.25, 0.3) is 0 Å². The first-order valence-electron chi connectivity index (χ1n) is 5.96. The first-order chi connectivity index (χ1) is 9.04. The Hall–Kier alpha value is -2.37. The zero-order valence-electron chi connectivity index (χ0n) is 10.5. The summed E-state index contributed by atoms with van der Waals surface area (Å²) in [5.41, 5.74) is 7.26. The maximum atomic E-state index is 12.2. The third kappa shape index (κ3) is 2.42. The third-order valence-corrected chi connectivity index (χ3v) is 2.91. The smallest absolute Gasteiger partial charge is 0.397 e. The van der Waals surface area contributed by atoms with Crippen molar-refractivity contribution in [1.82, 2.24) is 4.90 Å². The van der Waals surface area contributed by atoms with Crippen molar-refractivity contribution in [2.24, 2.45) is 0 Å². The number of amides is 2. The van der Waals surface area contributed by atoms with Gasteiger partial charge >= 0.3 is 11.9 Å². The second-order valence-corrected chi connectivity index (χ2v) is 4.15. The Kier molecular flexibility index (Phi) is 3.50. The van der Waals surface area contributed by atoms with Crippen LogP contribution in [0.3, 0.4) is 0 Å². The number of ether oxygens (including phenoxy) is 1. The van der Waals surface area contributed by atoms with Crippen molar-refractivity contribution in [3.63, 3.8) is 0 Å². The Bertz CT molecular complexity index is 554. The average molecular weight is 262 g/mol. The van der Waals surface area contributed by atoms with Crippen LogP contribution in [0.4, 0.5) is 5.69 Å². The van der Waals surface area contributed by atoms with Crippen molar-refractivity contribution in [2.45, 2.75) is 13.3 Å². The molecular weight excluding hydrogens is 248 g/mol. The van der Waals surface area contributed by atoms with Crippen molar-refractivity contribution >= 4 is 23.5 Å². The molecule has 0 unspecified atom stereocenters. The lowest BCUT2D eigenvalue weighted by Crippen LogP contribution is -2.45. The number of esters is 1. The molecule has 0 atom stereocenters. The molecule has 0 fully saturated rings. The van der Waals surface area contributed by atoms with E-state index in [4.69, 9.17) is 5.73 Å². The van der Waals surface area contributed by atoms with E-state index in [1.54, 1.807) is 19.1 Å². The number of anilines is 1. The maximum absolute atomic E-state index is 12.2. The number of fused-ring (bicyclic) bond motifs is 1. The Labute approximate surface area is 110 Å². The van der Waals surface area contributed by atoms with E-state index in [1.807, 2.05) is 0 Å². The van der Waals surface area contributed by atoms with E-state index < -0.39 is 17.8 Å². The predicted octanol–water partition coefficient (Wildman–Crippen LogP) is 0.357. The van der Waals surface area contributed by atoms with Gasteiger partial charge in [0.05, 0.1) is 6.61 Å². The van der Waals surface area contributed by atoms with E-state index in [0.717, 1.165) is 10.5 Å². The number of nitrogens with two attached hydrogens (primary N) is 1. The molecule has 1 aromatic rings. The number of imide groups is 1. The summed E-state index contributed by atoms with van der Waals surface area (Å²) in [6.07, 6.45) is 0.506. The van der Waals surface area contributed by atoms with Gasteiger partial charge in [-0.2, -0.15) is 0 Å². The van der Waals surface area contributed by atoms with Crippen molar-refractivity contribution < 1.29 is 19.1 Å². The van der Waals surface area contributed by atoms with Crippen LogP contribution < -0.4 is 5.73 Å². The lowest BCUT2D eigenvalue weighted by molar-refractivity contribution is -0.158. The zero-order chi connectivity index (χ0) is 14.0. The van der Waals surface area contributed by atoms with Crippen molar-refractivity contribution in [3.8, 4) is 0 Å². The molecule has 0 aromatic heterocycles. The Morgan fingerprint density at radius 3 is 2.84 bits per heavy atom. The van der Waals surface area contributed by atoms with Crippen LogP contribution in [0.1, 0.15) is 22.8 Å². The number of hydrogen-bond acceptors (Lipinski definition) is 5. The van der Waals surface area contributed by atoms with Crippen LogP contribution in [-0.2, 0) is 20.7 Å². The first kappa shape index (κ1) is 13.1. The SMILES string of the molecule is CCOC(=O)C(=O)N1CCc2ccc(N)cc2C1=O. The van der Waals surface area contributed by atoms with E-state index >= 15 is 0 Å². The van der Waals surface area contributed by atoms with Crippen LogP contribution >= 0.6 is 0 Å². The highest BCUT2D eigenvalue weighted by Crippen LogP contribution is 2.21. The number of rotatable bonds is 1. The van der Waals surface area contributed by atoms with Gasteiger partial charge in [0.25, 0.3) is 5.91 Å². The number of benzene rings is 1. The summed E-state index contributed by atoms with van der Waals surface area (Å²) in [5.74, 6) is -2.45. The number of carbonyl (C=O) groups is 3. The van der Waals surface area contributed by atoms with Gasteiger partial charge in [0.2, 0.25) is 0 Å². The van der Waals surface area contributed by atoms with E-state index in [0.29, 0.717) is 17.7 Å². The lowest BCUT2D eigenvalue weighted by Gasteiger charge is -2.26. The number of nitrogen functional groups attached to an aromatic ring is 1. The minimum Gasteiger partial charge on any atom is -0.459 e. The Morgan fingerprint density at radius 2 is 2.16 bits per heavy atom. The lowest BCUT2D eigenvalue weighted by atomic mass is 9.98. The van der Waals surface area contributed by atoms with Crippen LogP contribution in [0.2, 0.25) is 0 Å². The van der Waals surface area contributed by atoms with Gasteiger partial charge in [-0.15, -0.1) is 0 Å². The van der Waals surface area contributed by atoms with E-state index in [-0.39, 0.29) is 13.2 Å². The molecule has 100 valence electrons. The normalized spacial score (nSPS) is 13.9. The zero-order valence-corrected chi connectivity index (χ0v) is 10.5. The molecule has 0 spiro atoms. The van der Waals surface area contributed by atoms with Crippen LogP contribution in [-0.4, -0.2) is 35.8 Å². The molecule has 0 bridgehead atoms. The largest absolute Gasteiger partial charge is 0.459 e. The second kappa shape index (κ2) is 5.09. The summed E-state index contributed by atoms with van der Waals surface area (Å²) in [4.78, 5) is 36.2. The summed E-state index contributed by atoms with van der Waals surface area (Å²) < 4.78 is 4.61. The molecule has 6 heteroatoms. The van der Waals surface area contributed by atoms with Gasteiger partial charge in [-0.3, -0.25) is 14.5 Å². The summed E-state index contributed by atoms with van der Waals surface area (Å²) in [5, 5.41) is 0. The molecule has 6 nitrogen and oxygen atoms in total. The molecule has 1 aromatic carbocycles. The van der Waals surface area contributed by atoms with Crippen molar-refractivity contribution in [1.29, 1.82) is 0 Å². The quantitative estimate of drug-likeness (QED) is 0.448. The van der Waals surface area contributed by atoms with Gasteiger partial charge in [-0.25, -0.2) is 4.79 Å². The highest BCUT2D eigenvalue weighted by atomic mass is 16.5. The van der Waals surface area contributed by atoms with Gasteiger partial charge in [0.15, 0.2) is 0 Å². The van der Waals surface area contributed by atoms with Crippen molar-refractivity contribution in [2.75, 3.05) is 18.9 Å². The Morgan fingerprint density at radius 1 is 1.42 bits per heavy atom. The van der Waals surface area contributed by atoms with Gasteiger partial charge < -0.3 is 10.5 Å². The van der Waals surface area contributed by atoms with Gasteiger partial charge in [-0.1, -0.05) is 6.07 Å². The molecule has 0 radical (unpaired) electrons. The van der Waals surface area contributed by atoms with Gasteiger partial charge in [0, 0.05) is 17.8 Å². The summed E-state index contributed by atoms with van der Waals surface area (Å²) in [7, 11) is 0. The standard InChI is InChI=1S/C13H14N2O4/c1-2-19-13(18)12(17)15-6-5-8-3-4-9(14)7-10(8)11(15)16/h3-4,7H,2,5-6,14H2,1H3. The monoisotopic (exact) mass is 262 g/mol. The van der Waals surface area contributed by atoms with E-state index in [2.05, 4.69) is 4.74 Å². The minimum absolute atomic E-state index is 0.0934. The number of nitrogens with zero attached hydrogens (tertiary/aromatic N) is 1. The molecular formula is C13H14N2O4. The molecule has 0 saturated heterocycles. The van der Waals surface area contributed by atoms with Crippen molar-refractivity contribution in [3.05, 3.63) is 29.3 Å². The van der Waals surface area contributed by atoms with E-state index in [9.17, 15) is 14.4 Å². The van der Waals surface area contributed by atoms with E-state index in [1.165, 1.54) is 6.07 Å². The molecule has 2 amide bonds. The average Bonchev–Trinajstić information content (AvgIpc) is 2.39. The number of hydrogen-bond donors (Lipinski definition) is 1. The molecule has 0 aliphatic carbocycles. The predicted molar refractivity (Wildman–Crippen MR) is 67.2 cm³/mol. The highest BCUT2D eigenvalue weighted by Gasteiger charge is 2.33. The maximum Gasteiger partial charge on any atom is 0.397 e. The molecule has 1 aliphatic heterocycles. The first-order valence-corrected chi connectivity index (χ1v) is 5.96.